The lowest BCUT2D eigenvalue weighted by atomic mass is 10.0. The summed E-state index contributed by atoms with van der Waals surface area (Å²) >= 11 is 1.25. The van der Waals surface area contributed by atoms with E-state index in [1.165, 1.54) is 24.0 Å². The number of rotatable bonds is 7. The molecule has 0 spiro atoms. The second-order valence-electron chi connectivity index (χ2n) is 7.83. The normalized spacial score (nSPS) is 11.8. The zero-order valence-corrected chi connectivity index (χ0v) is 20.2. The molecule has 2 aromatic carbocycles. The van der Waals surface area contributed by atoms with Crippen molar-refractivity contribution in [2.45, 2.75) is 37.4 Å². The van der Waals surface area contributed by atoms with Gasteiger partial charge >= 0.3 is 5.97 Å². The molecule has 0 saturated heterocycles. The number of hydrogen-bond acceptors (Lipinski definition) is 8. The highest BCUT2D eigenvalue weighted by Gasteiger charge is 2.22. The first-order chi connectivity index (χ1) is 15.7. The maximum atomic E-state index is 13.2. The second kappa shape index (κ2) is 8.91. The summed E-state index contributed by atoms with van der Waals surface area (Å²) in [5.74, 6) is 0.118. The van der Waals surface area contributed by atoms with E-state index in [9.17, 15) is 13.2 Å². The summed E-state index contributed by atoms with van der Waals surface area (Å²) in [6.45, 7) is 5.88. The van der Waals surface area contributed by atoms with Crippen LogP contribution in [-0.2, 0) is 26.1 Å². The predicted molar refractivity (Wildman–Crippen MR) is 127 cm³/mol. The fourth-order valence-electron chi connectivity index (χ4n) is 3.36. The van der Waals surface area contributed by atoms with Crippen LogP contribution in [0.3, 0.4) is 0 Å². The highest BCUT2D eigenvalue weighted by Crippen LogP contribution is 2.36. The molecule has 4 aromatic rings. The standard InChI is InChI=1S/C22H23N5O4S2/c1-13(2)15-8-9-19-18(11-15)14(3)22(32-19)33(29,30)25-17-7-5-6-16(10-17)21-23-26-27(24-21)12-20(28)31-4/h5-11,13,25H,12H2,1-4H3. The number of esters is 1. The second-order valence-corrected chi connectivity index (χ2v) is 10.8. The number of fused-ring (bicyclic) bond motifs is 1. The summed E-state index contributed by atoms with van der Waals surface area (Å²) in [4.78, 5) is 12.5. The van der Waals surface area contributed by atoms with Crippen molar-refractivity contribution < 1.29 is 17.9 Å². The molecule has 0 saturated carbocycles. The average Bonchev–Trinajstić information content (AvgIpc) is 3.38. The Kier molecular flexibility index (Phi) is 6.17. The third kappa shape index (κ3) is 4.74. The number of carbonyl (C=O) groups is 1. The van der Waals surface area contributed by atoms with Crippen LogP contribution in [0.25, 0.3) is 21.5 Å². The SMILES string of the molecule is COC(=O)Cn1nnc(-c2cccc(NS(=O)(=O)c3sc4ccc(C(C)C)cc4c3C)c2)n1. The first kappa shape index (κ1) is 22.9. The molecule has 4 rings (SSSR count). The first-order valence-electron chi connectivity index (χ1n) is 10.2. The predicted octanol–water partition coefficient (Wildman–Crippen LogP) is 3.96. The minimum Gasteiger partial charge on any atom is -0.468 e. The molecule has 2 heterocycles. The van der Waals surface area contributed by atoms with Crippen LogP contribution >= 0.6 is 11.3 Å². The lowest BCUT2D eigenvalue weighted by Crippen LogP contribution is -2.14. The van der Waals surface area contributed by atoms with Gasteiger partial charge in [0.1, 0.15) is 4.21 Å². The molecule has 172 valence electrons. The molecule has 0 amide bonds. The maximum Gasteiger partial charge on any atom is 0.329 e. The number of aryl methyl sites for hydroxylation is 1. The number of benzene rings is 2. The van der Waals surface area contributed by atoms with E-state index in [-0.39, 0.29) is 16.6 Å². The molecule has 0 aliphatic carbocycles. The number of nitrogens with one attached hydrogen (secondary N) is 1. The topological polar surface area (TPSA) is 116 Å². The molecule has 0 unspecified atom stereocenters. The Hall–Kier alpha value is -3.31. The van der Waals surface area contributed by atoms with E-state index in [2.05, 4.69) is 44.8 Å². The third-order valence-corrected chi connectivity index (χ3v) is 8.43. The van der Waals surface area contributed by atoms with Gasteiger partial charge in [-0.3, -0.25) is 4.72 Å². The molecule has 0 aliphatic heterocycles. The fraction of sp³-hybridized carbons (Fsp3) is 0.273. The van der Waals surface area contributed by atoms with E-state index in [4.69, 9.17) is 0 Å². The first-order valence-corrected chi connectivity index (χ1v) is 12.5. The van der Waals surface area contributed by atoms with Crippen LogP contribution in [0.1, 0.15) is 30.9 Å². The van der Waals surface area contributed by atoms with Crippen molar-refractivity contribution in [1.29, 1.82) is 0 Å². The van der Waals surface area contributed by atoms with Crippen molar-refractivity contribution >= 4 is 43.1 Å². The number of methoxy groups -OCH3 is 1. The number of thiophene rings is 1. The van der Waals surface area contributed by atoms with Crippen molar-refractivity contribution in [3.05, 3.63) is 53.6 Å². The zero-order chi connectivity index (χ0) is 23.8. The Labute approximate surface area is 195 Å². The molecule has 1 N–H and O–H groups in total. The van der Waals surface area contributed by atoms with E-state index in [0.717, 1.165) is 20.4 Å². The highest BCUT2D eigenvalue weighted by molar-refractivity contribution is 7.94. The van der Waals surface area contributed by atoms with Crippen LogP contribution < -0.4 is 4.72 Å². The average molecular weight is 486 g/mol. The van der Waals surface area contributed by atoms with E-state index in [1.807, 2.05) is 19.1 Å². The molecule has 0 aliphatic rings. The molecule has 0 atom stereocenters. The summed E-state index contributed by atoms with van der Waals surface area (Å²) in [5, 5.41) is 12.9. The van der Waals surface area contributed by atoms with Gasteiger partial charge in [0.05, 0.1) is 7.11 Å². The highest BCUT2D eigenvalue weighted by atomic mass is 32.2. The fourth-order valence-corrected chi connectivity index (χ4v) is 6.16. The molecular formula is C22H23N5O4S2. The summed E-state index contributed by atoms with van der Waals surface area (Å²) in [6.07, 6.45) is 0. The summed E-state index contributed by atoms with van der Waals surface area (Å²) in [7, 11) is -2.53. The van der Waals surface area contributed by atoms with Gasteiger partial charge in [-0.05, 0) is 58.8 Å². The lowest BCUT2D eigenvalue weighted by molar-refractivity contribution is -0.141. The molecule has 9 nitrogen and oxygen atoms in total. The van der Waals surface area contributed by atoms with Crippen LogP contribution in [0, 0.1) is 6.92 Å². The largest absolute Gasteiger partial charge is 0.468 e. The van der Waals surface area contributed by atoms with Crippen molar-refractivity contribution in [1.82, 2.24) is 20.2 Å². The maximum absolute atomic E-state index is 13.2. The van der Waals surface area contributed by atoms with Gasteiger partial charge in [0, 0.05) is 16.0 Å². The van der Waals surface area contributed by atoms with Crippen LogP contribution in [0.4, 0.5) is 5.69 Å². The Morgan fingerprint density at radius 3 is 2.73 bits per heavy atom. The number of aromatic nitrogens is 4. The molecule has 0 bridgehead atoms. The van der Waals surface area contributed by atoms with Crippen molar-refractivity contribution in [2.24, 2.45) is 0 Å². The molecule has 33 heavy (non-hydrogen) atoms. The number of ether oxygens (including phenoxy) is 1. The number of anilines is 1. The van der Waals surface area contributed by atoms with E-state index in [0.29, 0.717) is 17.2 Å². The number of sulfonamides is 1. The Morgan fingerprint density at radius 1 is 1.21 bits per heavy atom. The van der Waals surface area contributed by atoms with Gasteiger partial charge in [-0.15, -0.1) is 21.5 Å². The van der Waals surface area contributed by atoms with Gasteiger partial charge in [0.25, 0.3) is 10.0 Å². The Morgan fingerprint density at radius 2 is 2.00 bits per heavy atom. The van der Waals surface area contributed by atoms with Crippen molar-refractivity contribution in [3.8, 4) is 11.4 Å². The summed E-state index contributed by atoms with van der Waals surface area (Å²) < 4.78 is 34.9. The Balaban J connectivity index is 1.62. The van der Waals surface area contributed by atoms with E-state index >= 15 is 0 Å². The van der Waals surface area contributed by atoms with Crippen LogP contribution in [0.5, 0.6) is 0 Å². The van der Waals surface area contributed by atoms with Gasteiger partial charge in [-0.1, -0.05) is 32.0 Å². The monoisotopic (exact) mass is 485 g/mol. The molecular weight excluding hydrogens is 462 g/mol. The van der Waals surface area contributed by atoms with Gasteiger partial charge < -0.3 is 4.74 Å². The van der Waals surface area contributed by atoms with Gasteiger partial charge in [-0.2, -0.15) is 4.80 Å². The molecule has 0 fully saturated rings. The van der Waals surface area contributed by atoms with Gasteiger partial charge in [-0.25, -0.2) is 13.2 Å². The quantitative estimate of drug-likeness (QED) is 0.394. The smallest absolute Gasteiger partial charge is 0.329 e. The molecule has 2 aromatic heterocycles. The Bertz CT molecular complexity index is 1440. The summed E-state index contributed by atoms with van der Waals surface area (Å²) in [6, 6.07) is 12.8. The number of hydrogen-bond donors (Lipinski definition) is 1. The number of nitrogens with zero attached hydrogens (tertiary/aromatic N) is 4. The minimum atomic E-state index is -3.81. The minimum absolute atomic E-state index is 0.167. The van der Waals surface area contributed by atoms with E-state index in [1.54, 1.807) is 24.3 Å². The van der Waals surface area contributed by atoms with Crippen molar-refractivity contribution in [3.63, 3.8) is 0 Å². The lowest BCUT2D eigenvalue weighted by Gasteiger charge is -2.08. The van der Waals surface area contributed by atoms with Crippen LogP contribution in [0.2, 0.25) is 0 Å². The third-order valence-electron chi connectivity index (χ3n) is 5.15. The van der Waals surface area contributed by atoms with E-state index < -0.39 is 16.0 Å². The summed E-state index contributed by atoms with van der Waals surface area (Å²) in [5.41, 5.74) is 2.83. The number of carbonyl (C=O) groups excluding carboxylic acids is 1. The van der Waals surface area contributed by atoms with Crippen LogP contribution in [0.15, 0.2) is 46.7 Å². The number of tetrazole rings is 1. The zero-order valence-electron chi connectivity index (χ0n) is 18.6. The molecule has 0 radical (unpaired) electrons. The van der Waals surface area contributed by atoms with Crippen molar-refractivity contribution in [2.75, 3.05) is 11.8 Å². The van der Waals surface area contributed by atoms with Gasteiger partial charge in [0.2, 0.25) is 5.82 Å². The molecule has 11 heteroatoms. The van der Waals surface area contributed by atoms with Gasteiger partial charge in [0.15, 0.2) is 6.54 Å². The van der Waals surface area contributed by atoms with Crippen LogP contribution in [-0.4, -0.2) is 41.7 Å².